The van der Waals surface area contributed by atoms with Crippen molar-refractivity contribution in [2.45, 2.75) is 11.7 Å². The van der Waals surface area contributed by atoms with Gasteiger partial charge in [0.2, 0.25) is 0 Å². The molecule has 10 heavy (non-hydrogen) atoms. The zero-order valence-electron chi connectivity index (χ0n) is 5.62. The highest BCUT2D eigenvalue weighted by Gasteiger charge is 2.21. The van der Waals surface area contributed by atoms with Crippen LogP contribution < -0.4 is 0 Å². The highest BCUT2D eigenvalue weighted by Crippen LogP contribution is 2.36. The summed E-state index contributed by atoms with van der Waals surface area (Å²) in [5, 5.41) is 0.516. The van der Waals surface area contributed by atoms with Crippen molar-refractivity contribution in [1.82, 2.24) is 0 Å². The second-order valence-corrected chi connectivity index (χ2v) is 5.52. The second kappa shape index (κ2) is 4.48. The average molecular weight is 190 g/mol. The van der Waals surface area contributed by atoms with Crippen LogP contribution in [0.4, 0.5) is 0 Å². The van der Waals surface area contributed by atoms with Crippen LogP contribution >= 0.6 is 34.2 Å². The quantitative estimate of drug-likeness (QED) is 0.383. The Bertz CT molecular complexity index is 138. The summed E-state index contributed by atoms with van der Waals surface area (Å²) in [6.45, 7) is 0. The van der Waals surface area contributed by atoms with E-state index in [9.17, 15) is 0 Å². The summed E-state index contributed by atoms with van der Waals surface area (Å²) in [4.78, 5) is 0. The van der Waals surface area contributed by atoms with E-state index >= 15 is 0 Å². The molecular weight excluding hydrogens is 180 g/mol. The molecule has 1 saturated heterocycles. The minimum atomic E-state index is 0.516. The topological polar surface area (TPSA) is 0 Å². The molecule has 0 N–H and O–H groups in total. The zero-order chi connectivity index (χ0) is 7.40. The Hall–Kier alpha value is 0.610. The van der Waals surface area contributed by atoms with Crippen molar-refractivity contribution < 1.29 is 0 Å². The molecular formula is C7H10S3. The lowest BCUT2D eigenvalue weighted by molar-refractivity contribution is 0.613. The molecule has 0 nitrogen and oxygen atoms in total. The number of thiol groups is 1. The first-order chi connectivity index (χ1) is 4.84. The fourth-order valence-electron chi connectivity index (χ4n) is 0.847. The van der Waals surface area contributed by atoms with Gasteiger partial charge in [-0.3, -0.25) is 0 Å². The summed E-state index contributed by atoms with van der Waals surface area (Å²) in [7, 11) is 3.82. The fourth-order valence-corrected chi connectivity index (χ4v) is 4.40. The minimum absolute atomic E-state index is 0.516. The summed E-state index contributed by atoms with van der Waals surface area (Å²) < 4.78 is 0. The monoisotopic (exact) mass is 190 g/mol. The second-order valence-electron chi connectivity index (χ2n) is 2.30. The first-order valence-corrected chi connectivity index (χ1v) is 6.21. The van der Waals surface area contributed by atoms with Gasteiger partial charge in [-0.05, 0) is 5.92 Å². The predicted molar refractivity (Wildman–Crippen MR) is 54.6 cm³/mol. The maximum atomic E-state index is 5.22. The van der Waals surface area contributed by atoms with Crippen molar-refractivity contribution in [3.63, 3.8) is 0 Å². The average Bonchev–Trinajstić information content (AvgIpc) is 1.94. The zero-order valence-corrected chi connectivity index (χ0v) is 8.14. The van der Waals surface area contributed by atoms with Crippen molar-refractivity contribution in [2.24, 2.45) is 5.92 Å². The molecule has 1 fully saturated rings. The van der Waals surface area contributed by atoms with E-state index in [4.69, 9.17) is 6.42 Å². The Morgan fingerprint density at radius 1 is 1.50 bits per heavy atom. The standard InChI is InChI=1S/C7H10S3/c1-2-3-6-4-9-10-5-7(6)8/h1,6-8H,3-5H2. The van der Waals surface area contributed by atoms with Crippen LogP contribution in [0.3, 0.4) is 0 Å². The van der Waals surface area contributed by atoms with Gasteiger partial charge in [0.25, 0.3) is 0 Å². The largest absolute Gasteiger partial charge is 0.175 e. The van der Waals surface area contributed by atoms with E-state index < -0.39 is 0 Å². The van der Waals surface area contributed by atoms with E-state index in [-0.39, 0.29) is 0 Å². The number of hydrogen-bond acceptors (Lipinski definition) is 3. The highest BCUT2D eigenvalue weighted by molar-refractivity contribution is 8.76. The van der Waals surface area contributed by atoms with Crippen molar-refractivity contribution in [2.75, 3.05) is 11.5 Å². The van der Waals surface area contributed by atoms with Gasteiger partial charge >= 0.3 is 0 Å². The molecule has 0 bridgehead atoms. The van der Waals surface area contributed by atoms with Gasteiger partial charge in [0, 0.05) is 23.2 Å². The van der Waals surface area contributed by atoms with Gasteiger partial charge in [0.05, 0.1) is 0 Å². The molecule has 0 amide bonds. The minimum Gasteiger partial charge on any atom is -0.175 e. The molecule has 1 aliphatic rings. The van der Waals surface area contributed by atoms with Gasteiger partial charge in [0.15, 0.2) is 0 Å². The van der Waals surface area contributed by atoms with Crippen LogP contribution in [-0.2, 0) is 0 Å². The van der Waals surface area contributed by atoms with Gasteiger partial charge in [-0.15, -0.1) is 12.3 Å². The van der Waals surface area contributed by atoms with Crippen LogP contribution in [-0.4, -0.2) is 16.8 Å². The Balaban J connectivity index is 2.34. The normalized spacial score (nSPS) is 33.2. The smallest absolute Gasteiger partial charge is 0.0161 e. The molecule has 1 rings (SSSR count). The van der Waals surface area contributed by atoms with Crippen molar-refractivity contribution in [3.8, 4) is 12.3 Å². The van der Waals surface area contributed by atoms with Crippen LogP contribution in [0.2, 0.25) is 0 Å². The van der Waals surface area contributed by atoms with Crippen molar-refractivity contribution in [1.29, 1.82) is 0 Å². The maximum Gasteiger partial charge on any atom is 0.0161 e. The van der Waals surface area contributed by atoms with Gasteiger partial charge in [-0.25, -0.2) is 0 Å². The van der Waals surface area contributed by atoms with E-state index in [0.29, 0.717) is 11.2 Å². The molecule has 2 atom stereocenters. The Morgan fingerprint density at radius 3 is 2.80 bits per heavy atom. The molecule has 0 spiro atoms. The Morgan fingerprint density at radius 2 is 2.20 bits per heavy atom. The third-order valence-corrected chi connectivity index (χ3v) is 4.92. The van der Waals surface area contributed by atoms with Crippen molar-refractivity contribution in [3.05, 3.63) is 0 Å². The highest BCUT2D eigenvalue weighted by atomic mass is 33.1. The molecule has 0 radical (unpaired) electrons. The molecule has 0 aliphatic carbocycles. The van der Waals surface area contributed by atoms with Crippen molar-refractivity contribution >= 4 is 34.2 Å². The van der Waals surface area contributed by atoms with Gasteiger partial charge in [-0.1, -0.05) is 21.6 Å². The third kappa shape index (κ3) is 2.34. The fraction of sp³-hybridized carbons (Fsp3) is 0.714. The first kappa shape index (κ1) is 8.70. The maximum absolute atomic E-state index is 5.22. The Labute approximate surface area is 75.7 Å². The summed E-state index contributed by atoms with van der Waals surface area (Å²) in [6, 6.07) is 0. The van der Waals surface area contributed by atoms with E-state index in [1.165, 1.54) is 5.75 Å². The van der Waals surface area contributed by atoms with Crippen LogP contribution in [0, 0.1) is 18.3 Å². The van der Waals surface area contributed by atoms with Crippen LogP contribution in [0.1, 0.15) is 6.42 Å². The summed E-state index contributed by atoms with van der Waals surface area (Å²) in [6.07, 6.45) is 6.11. The molecule has 56 valence electrons. The van der Waals surface area contributed by atoms with E-state index in [1.54, 1.807) is 0 Å². The molecule has 0 aromatic carbocycles. The number of rotatable bonds is 1. The first-order valence-electron chi connectivity index (χ1n) is 3.20. The SMILES string of the molecule is C#CCC1CSSCC1S. The number of hydrogen-bond donors (Lipinski definition) is 1. The van der Waals surface area contributed by atoms with E-state index in [0.717, 1.165) is 12.2 Å². The molecule has 0 aromatic heterocycles. The summed E-state index contributed by atoms with van der Waals surface area (Å²) >= 11 is 4.46. The van der Waals surface area contributed by atoms with E-state index in [2.05, 4.69) is 18.5 Å². The lowest BCUT2D eigenvalue weighted by Crippen LogP contribution is -2.22. The molecule has 0 saturated carbocycles. The summed E-state index contributed by atoms with van der Waals surface area (Å²) in [5.74, 6) is 5.64. The van der Waals surface area contributed by atoms with Gasteiger partial charge < -0.3 is 0 Å². The summed E-state index contributed by atoms with van der Waals surface area (Å²) in [5.41, 5.74) is 0. The predicted octanol–water partition coefficient (Wildman–Crippen LogP) is 2.32. The third-order valence-electron chi connectivity index (χ3n) is 1.53. The van der Waals surface area contributed by atoms with Crippen LogP contribution in [0.25, 0.3) is 0 Å². The van der Waals surface area contributed by atoms with Crippen LogP contribution in [0.5, 0.6) is 0 Å². The lowest BCUT2D eigenvalue weighted by atomic mass is 10.1. The van der Waals surface area contributed by atoms with Gasteiger partial charge in [0.1, 0.15) is 0 Å². The molecule has 0 aromatic rings. The lowest BCUT2D eigenvalue weighted by Gasteiger charge is -2.24. The number of terminal acetylenes is 1. The molecule has 1 aliphatic heterocycles. The Kier molecular flexibility index (Phi) is 3.90. The van der Waals surface area contributed by atoms with Crippen LogP contribution in [0.15, 0.2) is 0 Å². The molecule has 1 heterocycles. The molecule has 2 unspecified atom stereocenters. The molecule has 3 heteroatoms. The van der Waals surface area contributed by atoms with Gasteiger partial charge in [-0.2, -0.15) is 12.6 Å². The van der Waals surface area contributed by atoms with E-state index in [1.807, 2.05) is 21.6 Å².